The lowest BCUT2D eigenvalue weighted by Crippen LogP contribution is -1.87. The van der Waals surface area contributed by atoms with Crippen LogP contribution >= 0.6 is 68.0 Å². The molecule has 0 bridgehead atoms. The standard InChI is InChI=1S/2C42H24S3.C27H22/c1-4-19-37-31(10-1)34-16-7-13-28(40(34)43-37)25-22-26(29-14-8-17-35-32-11-2-5-20-38(32)44-41(29)35)24-27(23-25)30-15-9-18-36-33-12-3-6-21-39(33)45-42(30)36;1-4-12-36-31(8-1)33-18-16-26(24-41(33)45-36)28-20-27(25-17-19-39-35(23-25)32-9-2-5-13-37(32)43-39)21-29(22-28)30-11-7-15-40-42(30)34-10-3-6-14-38(34)44-40;1-18-3-7-20(8-4-18)22-11-13-24-15-25-14-12-23(17-27(25)26(24)16-22)21-9-5-19(2)6-10-21/h2*1-24H;3-14,16-17H,15H2,1-2H3. The topological polar surface area (TPSA) is 0 Å². The van der Waals surface area contributed by atoms with Gasteiger partial charge in [0.2, 0.25) is 0 Å². The lowest BCUT2D eigenvalue weighted by Gasteiger charge is -2.13. The molecule has 0 saturated heterocycles. The average molecular weight is 1600 g/mol. The molecule has 117 heavy (non-hydrogen) atoms. The quantitative estimate of drug-likeness (QED) is 0.142. The molecule has 0 aliphatic heterocycles. The van der Waals surface area contributed by atoms with E-state index in [-0.39, 0.29) is 0 Å². The van der Waals surface area contributed by atoms with Gasteiger partial charge < -0.3 is 0 Å². The highest BCUT2D eigenvalue weighted by atomic mass is 32.1. The van der Waals surface area contributed by atoms with E-state index in [1.165, 1.54) is 243 Å². The second-order valence-electron chi connectivity index (χ2n) is 31.0. The summed E-state index contributed by atoms with van der Waals surface area (Å²) in [7, 11) is 0. The lowest BCUT2D eigenvalue weighted by molar-refractivity contribution is 1.26. The minimum atomic E-state index is 1.03. The highest BCUT2D eigenvalue weighted by molar-refractivity contribution is 7.28. The molecule has 6 heterocycles. The molecule has 550 valence electrons. The number of benzene rings is 18. The van der Waals surface area contributed by atoms with Crippen LogP contribution in [-0.2, 0) is 6.42 Å². The Kier molecular flexibility index (Phi) is 17.1. The molecular weight excluding hydrogens is 1530 g/mol. The zero-order valence-corrected chi connectivity index (χ0v) is 68.9. The third-order valence-corrected chi connectivity index (χ3v) is 30.9. The first-order valence-corrected chi connectivity index (χ1v) is 44.8. The van der Waals surface area contributed by atoms with Crippen LogP contribution in [0, 0.1) is 13.8 Å². The molecule has 0 atom stereocenters. The summed E-state index contributed by atoms with van der Waals surface area (Å²) < 4.78 is 16.1. The van der Waals surface area contributed by atoms with Gasteiger partial charge in [0.1, 0.15) is 0 Å². The van der Waals surface area contributed by atoms with E-state index >= 15 is 0 Å². The summed E-state index contributed by atoms with van der Waals surface area (Å²) in [5, 5.41) is 16.0. The Labute approximate surface area is 701 Å². The van der Waals surface area contributed by atoms with Crippen LogP contribution in [0.5, 0.6) is 0 Å². The number of rotatable bonds is 8. The van der Waals surface area contributed by atoms with Crippen molar-refractivity contribution in [3.8, 4) is 100 Å². The van der Waals surface area contributed by atoms with Gasteiger partial charge >= 0.3 is 0 Å². The second-order valence-corrected chi connectivity index (χ2v) is 37.4. The van der Waals surface area contributed by atoms with Crippen LogP contribution < -0.4 is 0 Å². The van der Waals surface area contributed by atoms with Gasteiger partial charge in [0.05, 0.1) is 0 Å². The normalized spacial score (nSPS) is 12.0. The van der Waals surface area contributed by atoms with E-state index in [0.29, 0.717) is 0 Å². The molecule has 0 fully saturated rings. The molecule has 0 radical (unpaired) electrons. The van der Waals surface area contributed by atoms with Crippen LogP contribution in [0.1, 0.15) is 22.3 Å². The van der Waals surface area contributed by atoms with Gasteiger partial charge in [0.15, 0.2) is 0 Å². The fourth-order valence-electron chi connectivity index (χ4n) is 18.0. The number of fused-ring (bicyclic) bond motifs is 21. The predicted octanol–water partition coefficient (Wildman–Crippen LogP) is 34.8. The Balaban J connectivity index is 0.000000107. The van der Waals surface area contributed by atoms with Gasteiger partial charge in [-0.1, -0.05) is 278 Å². The summed E-state index contributed by atoms with van der Waals surface area (Å²) in [4.78, 5) is 0. The van der Waals surface area contributed by atoms with E-state index in [4.69, 9.17) is 0 Å². The van der Waals surface area contributed by atoms with Crippen LogP contribution in [-0.4, -0.2) is 0 Å². The van der Waals surface area contributed by atoms with Crippen molar-refractivity contribution in [1.82, 2.24) is 0 Å². The Morgan fingerprint density at radius 2 is 0.462 bits per heavy atom. The summed E-state index contributed by atoms with van der Waals surface area (Å²) in [6.45, 7) is 4.27. The van der Waals surface area contributed by atoms with Gasteiger partial charge in [-0.3, -0.25) is 0 Å². The molecule has 24 aromatic rings. The Morgan fingerprint density at radius 1 is 0.162 bits per heavy atom. The van der Waals surface area contributed by atoms with Crippen molar-refractivity contribution < 1.29 is 0 Å². The van der Waals surface area contributed by atoms with Crippen LogP contribution in [0.4, 0.5) is 0 Å². The van der Waals surface area contributed by atoms with Crippen LogP contribution in [0.2, 0.25) is 0 Å². The van der Waals surface area contributed by atoms with Gasteiger partial charge in [-0.2, -0.15) is 0 Å². The molecule has 0 unspecified atom stereocenters. The maximum atomic E-state index is 2.42. The average Bonchev–Trinajstić information content (AvgIpc) is 1.73. The minimum absolute atomic E-state index is 1.03. The zero-order valence-electron chi connectivity index (χ0n) is 64.0. The van der Waals surface area contributed by atoms with Crippen molar-refractivity contribution in [2.24, 2.45) is 0 Å². The van der Waals surface area contributed by atoms with E-state index in [1.807, 2.05) is 68.0 Å². The molecule has 1 aliphatic carbocycles. The minimum Gasteiger partial charge on any atom is -0.135 e. The van der Waals surface area contributed by atoms with Crippen molar-refractivity contribution in [1.29, 1.82) is 0 Å². The Morgan fingerprint density at radius 3 is 0.949 bits per heavy atom. The van der Waals surface area contributed by atoms with Gasteiger partial charge in [-0.05, 0) is 241 Å². The first kappa shape index (κ1) is 69.8. The monoisotopic (exact) mass is 1590 g/mol. The van der Waals surface area contributed by atoms with Crippen LogP contribution in [0.25, 0.3) is 221 Å². The smallest absolute Gasteiger partial charge is 0.0433 e. The number of hydrogen-bond acceptors (Lipinski definition) is 6. The third kappa shape index (κ3) is 12.3. The fourth-order valence-corrected chi connectivity index (χ4v) is 25.1. The number of hydrogen-bond donors (Lipinski definition) is 0. The lowest BCUT2D eigenvalue weighted by atomic mass is 9.91. The van der Waals surface area contributed by atoms with Gasteiger partial charge in [0.25, 0.3) is 0 Å². The zero-order chi connectivity index (χ0) is 77.3. The van der Waals surface area contributed by atoms with Gasteiger partial charge in [-0.15, -0.1) is 68.0 Å². The molecule has 6 aromatic heterocycles. The van der Waals surface area contributed by atoms with Crippen molar-refractivity contribution in [3.05, 3.63) is 398 Å². The highest BCUT2D eigenvalue weighted by Gasteiger charge is 2.23. The highest BCUT2D eigenvalue weighted by Crippen LogP contribution is 2.50. The molecular formula is C111H70S6. The maximum Gasteiger partial charge on any atom is 0.0433 e. The summed E-state index contributed by atoms with van der Waals surface area (Å²) in [5.74, 6) is 0. The predicted molar refractivity (Wildman–Crippen MR) is 518 cm³/mol. The molecule has 0 nitrogen and oxygen atoms in total. The molecule has 6 heteroatoms. The molecule has 0 amide bonds. The first-order chi connectivity index (χ1) is 57.7. The number of aryl methyl sites for hydroxylation is 2. The van der Waals surface area contributed by atoms with E-state index in [1.54, 1.807) is 0 Å². The van der Waals surface area contributed by atoms with Crippen molar-refractivity contribution in [2.45, 2.75) is 20.3 Å². The molecule has 25 rings (SSSR count). The van der Waals surface area contributed by atoms with Gasteiger partial charge in [0, 0.05) is 121 Å². The van der Waals surface area contributed by atoms with Gasteiger partial charge in [-0.25, -0.2) is 0 Å². The molecule has 1 aliphatic rings. The second kappa shape index (κ2) is 28.6. The Hall–Kier alpha value is -12.7. The van der Waals surface area contributed by atoms with Crippen LogP contribution in [0.15, 0.2) is 376 Å². The summed E-state index contributed by atoms with van der Waals surface area (Å²) in [5.41, 5.74) is 28.6. The largest absolute Gasteiger partial charge is 0.135 e. The van der Waals surface area contributed by atoms with Crippen LogP contribution in [0.3, 0.4) is 0 Å². The van der Waals surface area contributed by atoms with E-state index in [0.717, 1.165) is 6.42 Å². The fraction of sp³-hybridized carbons (Fsp3) is 0.0270. The molecule has 0 N–H and O–H groups in total. The van der Waals surface area contributed by atoms with Crippen molar-refractivity contribution >= 4 is 189 Å². The van der Waals surface area contributed by atoms with E-state index in [2.05, 4.69) is 390 Å². The Bertz CT molecular complexity index is 7720. The summed E-state index contributed by atoms with van der Waals surface area (Å²) >= 11 is 11.3. The molecule has 18 aromatic carbocycles. The number of thiophene rings is 6. The summed E-state index contributed by atoms with van der Waals surface area (Å²) in [6.07, 6.45) is 1.03. The summed E-state index contributed by atoms with van der Waals surface area (Å²) in [6, 6.07) is 140. The molecule has 0 saturated carbocycles. The molecule has 0 spiro atoms. The van der Waals surface area contributed by atoms with Crippen molar-refractivity contribution in [2.75, 3.05) is 0 Å². The maximum absolute atomic E-state index is 2.42. The van der Waals surface area contributed by atoms with E-state index in [9.17, 15) is 0 Å². The van der Waals surface area contributed by atoms with E-state index < -0.39 is 0 Å². The first-order valence-electron chi connectivity index (χ1n) is 39.9. The third-order valence-electron chi connectivity index (χ3n) is 23.8. The van der Waals surface area contributed by atoms with Crippen molar-refractivity contribution in [3.63, 3.8) is 0 Å². The SMILES string of the molecule is Cc1ccc(-c2ccc3c(c2)-c2cc(-c4ccc(C)cc4)ccc2C3)cc1.c1ccc2c(c1)sc1c(-c3cc(-c4cccc5c4sc4ccccc45)cc(-c4cccc5c4sc4ccccc45)c3)cccc12.c1ccc2c(c1)sc1cc(-c3cc(-c4ccc5sc6ccccc6c5c4)cc(-c4cccc5sc6ccccc6c45)c3)ccc12.